The molecule has 0 amide bonds. The molecule has 2 rings (SSSR count). The Bertz CT molecular complexity index is 796. The molecule has 0 aliphatic rings. The van der Waals surface area contributed by atoms with Gasteiger partial charge in [0, 0.05) is 12.1 Å². The maximum absolute atomic E-state index is 13.0. The molecule has 0 radical (unpaired) electrons. The van der Waals surface area contributed by atoms with Crippen molar-refractivity contribution in [2.24, 2.45) is 0 Å². The van der Waals surface area contributed by atoms with E-state index in [1.165, 1.54) is 0 Å². The third-order valence-corrected chi connectivity index (χ3v) is 4.97. The number of carboxylic acids is 1. The number of hydrogen-bond acceptors (Lipinski definition) is 5. The fourth-order valence-corrected chi connectivity index (χ4v) is 3.57. The summed E-state index contributed by atoms with van der Waals surface area (Å²) in [5, 5.41) is 8.79. The highest BCUT2D eigenvalue weighted by Crippen LogP contribution is 2.25. The van der Waals surface area contributed by atoms with Crippen LogP contribution in [0, 0.1) is 17.5 Å². The molecule has 0 aliphatic carbocycles. The van der Waals surface area contributed by atoms with E-state index < -0.39 is 49.0 Å². The minimum absolute atomic E-state index is 0.428. The number of nitrogens with one attached hydrogen (secondary N) is 1. The normalized spacial score (nSPS) is 11.4. The molecule has 21 heavy (non-hydrogen) atoms. The molecule has 0 bridgehead atoms. The standard InChI is InChI=1S/C10H5F3N2O4S2/c11-5-1-4(2-6(12)7(5)13)15-21(18,19)10-8(9(16)17)14-3-20-10/h1-3,15H,(H,16,17). The SMILES string of the molecule is O=C(O)c1ncsc1S(=O)(=O)Nc1cc(F)c(F)c(F)c1. The quantitative estimate of drug-likeness (QED) is 0.832. The summed E-state index contributed by atoms with van der Waals surface area (Å²) in [5.41, 5.74) is -0.323. The molecule has 1 heterocycles. The van der Waals surface area contributed by atoms with E-state index in [1.54, 1.807) is 4.72 Å². The lowest BCUT2D eigenvalue weighted by molar-refractivity contribution is 0.0687. The Morgan fingerprint density at radius 1 is 1.24 bits per heavy atom. The molecule has 1 aromatic heterocycles. The summed E-state index contributed by atoms with van der Waals surface area (Å²) in [6.07, 6.45) is 0. The minimum atomic E-state index is -4.42. The Labute approximate surface area is 119 Å². The first kappa shape index (κ1) is 15.3. The van der Waals surface area contributed by atoms with Gasteiger partial charge in [-0.05, 0) is 0 Å². The van der Waals surface area contributed by atoms with E-state index in [2.05, 4.69) is 4.98 Å². The zero-order valence-corrected chi connectivity index (χ0v) is 11.4. The van der Waals surface area contributed by atoms with Crippen LogP contribution in [0.25, 0.3) is 0 Å². The number of carbonyl (C=O) groups is 1. The van der Waals surface area contributed by atoms with Crippen LogP contribution in [0.5, 0.6) is 0 Å². The molecular weight excluding hydrogens is 333 g/mol. The molecule has 6 nitrogen and oxygen atoms in total. The molecule has 0 fully saturated rings. The van der Waals surface area contributed by atoms with Crippen molar-refractivity contribution in [3.8, 4) is 0 Å². The minimum Gasteiger partial charge on any atom is -0.476 e. The largest absolute Gasteiger partial charge is 0.476 e. The van der Waals surface area contributed by atoms with E-state index in [4.69, 9.17) is 5.11 Å². The van der Waals surface area contributed by atoms with Gasteiger partial charge < -0.3 is 5.11 Å². The summed E-state index contributed by atoms with van der Waals surface area (Å²) < 4.78 is 63.8. The van der Waals surface area contributed by atoms with Crippen molar-refractivity contribution in [2.45, 2.75) is 4.21 Å². The summed E-state index contributed by atoms with van der Waals surface area (Å²) >= 11 is 0.512. The van der Waals surface area contributed by atoms with Gasteiger partial charge in [0.25, 0.3) is 10.0 Å². The summed E-state index contributed by atoms with van der Waals surface area (Å²) in [6, 6.07) is 0.856. The first-order valence-electron chi connectivity index (χ1n) is 5.06. The van der Waals surface area contributed by atoms with Crippen LogP contribution >= 0.6 is 11.3 Å². The van der Waals surface area contributed by atoms with Crippen molar-refractivity contribution < 1.29 is 31.5 Å². The number of benzene rings is 1. The molecule has 112 valence electrons. The highest BCUT2D eigenvalue weighted by atomic mass is 32.2. The van der Waals surface area contributed by atoms with Crippen LogP contribution in [0.2, 0.25) is 0 Å². The molecule has 0 unspecified atom stereocenters. The lowest BCUT2D eigenvalue weighted by atomic mass is 10.3. The number of aromatic carboxylic acids is 1. The topological polar surface area (TPSA) is 96.4 Å². The van der Waals surface area contributed by atoms with Crippen LogP contribution in [0.4, 0.5) is 18.9 Å². The van der Waals surface area contributed by atoms with Crippen LogP contribution in [0.15, 0.2) is 21.9 Å². The number of anilines is 1. The number of rotatable bonds is 4. The van der Waals surface area contributed by atoms with Crippen LogP contribution in [0.3, 0.4) is 0 Å². The first-order valence-corrected chi connectivity index (χ1v) is 7.43. The lowest BCUT2D eigenvalue weighted by Gasteiger charge is -2.07. The van der Waals surface area contributed by atoms with Crippen molar-refractivity contribution in [1.29, 1.82) is 0 Å². The van der Waals surface area contributed by atoms with Crippen LogP contribution < -0.4 is 4.72 Å². The highest BCUT2D eigenvalue weighted by Gasteiger charge is 2.26. The molecule has 0 aliphatic heterocycles. The van der Waals surface area contributed by atoms with Crippen molar-refractivity contribution in [3.05, 3.63) is 40.8 Å². The van der Waals surface area contributed by atoms with E-state index in [0.29, 0.717) is 23.5 Å². The molecule has 0 atom stereocenters. The number of carboxylic acid groups (broad SMARTS) is 1. The van der Waals surface area contributed by atoms with E-state index in [1.807, 2.05) is 0 Å². The Balaban J connectivity index is 2.43. The second-order valence-electron chi connectivity index (χ2n) is 3.65. The fourth-order valence-electron chi connectivity index (χ4n) is 1.38. The predicted octanol–water partition coefficient (Wildman–Crippen LogP) is 2.06. The fraction of sp³-hybridized carbons (Fsp3) is 0. The van der Waals surface area contributed by atoms with E-state index in [9.17, 15) is 26.4 Å². The number of aromatic nitrogens is 1. The maximum atomic E-state index is 13.0. The van der Waals surface area contributed by atoms with Gasteiger partial charge >= 0.3 is 5.97 Å². The van der Waals surface area contributed by atoms with Gasteiger partial charge in [-0.15, -0.1) is 11.3 Å². The van der Waals surface area contributed by atoms with Gasteiger partial charge in [0.1, 0.15) is 0 Å². The van der Waals surface area contributed by atoms with Gasteiger partial charge in [-0.3, -0.25) is 4.72 Å². The zero-order valence-electron chi connectivity index (χ0n) is 9.80. The average molecular weight is 338 g/mol. The van der Waals surface area contributed by atoms with Crippen LogP contribution in [-0.2, 0) is 10.0 Å². The Hall–Kier alpha value is -2.14. The van der Waals surface area contributed by atoms with Crippen LogP contribution in [-0.4, -0.2) is 24.5 Å². The van der Waals surface area contributed by atoms with Gasteiger partial charge in [0.05, 0.1) is 11.2 Å². The van der Waals surface area contributed by atoms with Gasteiger partial charge in [-0.2, -0.15) is 0 Å². The third-order valence-electron chi connectivity index (χ3n) is 2.22. The van der Waals surface area contributed by atoms with E-state index >= 15 is 0 Å². The monoisotopic (exact) mass is 338 g/mol. The smallest absolute Gasteiger partial charge is 0.356 e. The van der Waals surface area contributed by atoms with Crippen molar-refractivity contribution in [2.75, 3.05) is 4.72 Å². The molecule has 0 saturated heterocycles. The molecule has 2 aromatic rings. The molecule has 0 saturated carbocycles. The van der Waals surface area contributed by atoms with Gasteiger partial charge in [0.2, 0.25) is 0 Å². The Morgan fingerprint density at radius 2 is 1.81 bits per heavy atom. The average Bonchev–Trinajstić information content (AvgIpc) is 2.85. The summed E-state index contributed by atoms with van der Waals surface area (Å²) in [6.45, 7) is 0. The second-order valence-corrected chi connectivity index (χ2v) is 6.39. The molecule has 1 aromatic carbocycles. The van der Waals surface area contributed by atoms with Gasteiger partial charge in [-0.1, -0.05) is 0 Å². The Kier molecular flexibility index (Phi) is 3.87. The Morgan fingerprint density at radius 3 is 2.33 bits per heavy atom. The van der Waals surface area contributed by atoms with E-state index in [0.717, 1.165) is 5.51 Å². The number of thiazole rings is 1. The molecule has 0 spiro atoms. The van der Waals surface area contributed by atoms with Crippen molar-refractivity contribution in [1.82, 2.24) is 4.98 Å². The summed E-state index contributed by atoms with van der Waals surface area (Å²) in [5.74, 6) is -6.50. The van der Waals surface area contributed by atoms with Gasteiger partial charge in [0.15, 0.2) is 27.4 Å². The number of halogens is 3. The second kappa shape index (κ2) is 5.33. The lowest BCUT2D eigenvalue weighted by Crippen LogP contribution is -2.15. The number of hydrogen-bond donors (Lipinski definition) is 2. The van der Waals surface area contributed by atoms with Crippen molar-refractivity contribution in [3.63, 3.8) is 0 Å². The molecule has 2 N–H and O–H groups in total. The summed E-state index contributed by atoms with van der Waals surface area (Å²) in [7, 11) is -4.42. The maximum Gasteiger partial charge on any atom is 0.356 e. The molecule has 11 heteroatoms. The zero-order chi connectivity index (χ0) is 15.8. The number of sulfonamides is 1. The number of nitrogens with zero attached hydrogens (tertiary/aromatic N) is 1. The molecular formula is C10H5F3N2O4S2. The van der Waals surface area contributed by atoms with Crippen molar-refractivity contribution >= 4 is 33.0 Å². The summed E-state index contributed by atoms with van der Waals surface area (Å²) in [4.78, 5) is 14.2. The van der Waals surface area contributed by atoms with Gasteiger partial charge in [-0.25, -0.2) is 31.4 Å². The first-order chi connectivity index (χ1) is 9.72. The van der Waals surface area contributed by atoms with E-state index in [-0.39, 0.29) is 0 Å². The predicted molar refractivity (Wildman–Crippen MR) is 66.2 cm³/mol. The highest BCUT2D eigenvalue weighted by molar-refractivity contribution is 7.94. The van der Waals surface area contributed by atoms with Crippen LogP contribution in [0.1, 0.15) is 10.5 Å². The third kappa shape index (κ3) is 2.97.